The Hall–Kier alpha value is -0.730. The van der Waals surface area contributed by atoms with Gasteiger partial charge < -0.3 is 9.47 Å². The summed E-state index contributed by atoms with van der Waals surface area (Å²) < 4.78 is 11.1. The highest BCUT2D eigenvalue weighted by Crippen LogP contribution is 2.25. The first kappa shape index (κ1) is 9.81. The molecule has 0 radical (unpaired) electrons. The van der Waals surface area contributed by atoms with Crippen molar-refractivity contribution < 1.29 is 9.47 Å². The Morgan fingerprint density at radius 3 is 2.93 bits per heavy atom. The largest absolute Gasteiger partial charge is 0.486 e. The third-order valence-corrected chi connectivity index (χ3v) is 2.56. The van der Waals surface area contributed by atoms with Gasteiger partial charge in [0.25, 0.3) is 0 Å². The van der Waals surface area contributed by atoms with Gasteiger partial charge in [0.05, 0.1) is 11.6 Å². The maximum absolute atomic E-state index is 5.98. The molecule has 1 aliphatic heterocycles. The molecule has 0 N–H and O–H groups in total. The molecule has 14 heavy (non-hydrogen) atoms. The van der Waals surface area contributed by atoms with Crippen LogP contribution in [-0.4, -0.2) is 19.3 Å². The third kappa shape index (κ3) is 2.40. The molecule has 1 aromatic carbocycles. The summed E-state index contributed by atoms with van der Waals surface area (Å²) in [6.07, 6.45) is 2.27. The average Bonchev–Trinajstić information content (AvgIpc) is 2.23. The predicted molar refractivity (Wildman–Crippen MR) is 55.9 cm³/mol. The molecule has 2 nitrogen and oxygen atoms in total. The first-order valence-corrected chi connectivity index (χ1v) is 5.23. The fourth-order valence-corrected chi connectivity index (χ4v) is 1.70. The van der Waals surface area contributed by atoms with Gasteiger partial charge in [0.15, 0.2) is 0 Å². The van der Waals surface area contributed by atoms with Crippen LogP contribution < -0.4 is 4.74 Å². The number of ether oxygens (including phenoxy) is 2. The van der Waals surface area contributed by atoms with E-state index >= 15 is 0 Å². The maximum Gasteiger partial charge on any atom is 0.138 e. The molecule has 2 rings (SSSR count). The molecule has 3 heteroatoms. The zero-order valence-corrected chi connectivity index (χ0v) is 8.67. The molecule has 0 spiro atoms. The van der Waals surface area contributed by atoms with Crippen molar-refractivity contribution in [3.8, 4) is 5.75 Å². The Labute approximate surface area is 88.8 Å². The molecule has 0 saturated carbocycles. The standard InChI is InChI=1S/C11H13ClO2/c12-10-5-1-2-6-11(10)14-9-4-3-7-13-8-9/h1-2,5-6,9H,3-4,7-8H2. The molecule has 1 aliphatic rings. The molecule has 1 heterocycles. The van der Waals surface area contributed by atoms with Crippen molar-refractivity contribution in [1.82, 2.24) is 0 Å². The number of benzene rings is 1. The Kier molecular flexibility index (Phi) is 3.27. The van der Waals surface area contributed by atoms with E-state index in [0.717, 1.165) is 25.2 Å². The smallest absolute Gasteiger partial charge is 0.138 e. The summed E-state index contributed by atoms with van der Waals surface area (Å²) in [4.78, 5) is 0. The molecule has 0 bridgehead atoms. The minimum Gasteiger partial charge on any atom is -0.486 e. The van der Waals surface area contributed by atoms with E-state index in [-0.39, 0.29) is 6.10 Å². The zero-order chi connectivity index (χ0) is 9.80. The van der Waals surface area contributed by atoms with Crippen LogP contribution in [-0.2, 0) is 4.74 Å². The van der Waals surface area contributed by atoms with Gasteiger partial charge in [-0.15, -0.1) is 0 Å². The number of hydrogen-bond donors (Lipinski definition) is 0. The van der Waals surface area contributed by atoms with E-state index < -0.39 is 0 Å². The zero-order valence-electron chi connectivity index (χ0n) is 7.91. The summed E-state index contributed by atoms with van der Waals surface area (Å²) in [5, 5.41) is 0.665. The summed E-state index contributed by atoms with van der Waals surface area (Å²) in [5.41, 5.74) is 0. The first-order valence-electron chi connectivity index (χ1n) is 4.85. The molecule has 1 saturated heterocycles. The quantitative estimate of drug-likeness (QED) is 0.751. The Balaban J connectivity index is 1.99. The van der Waals surface area contributed by atoms with Crippen LogP contribution in [0.5, 0.6) is 5.75 Å². The average molecular weight is 213 g/mol. The number of halogens is 1. The number of rotatable bonds is 2. The van der Waals surface area contributed by atoms with E-state index in [0.29, 0.717) is 11.6 Å². The van der Waals surface area contributed by atoms with Crippen molar-refractivity contribution >= 4 is 11.6 Å². The van der Waals surface area contributed by atoms with Crippen LogP contribution in [0.15, 0.2) is 24.3 Å². The normalized spacial score (nSPS) is 21.9. The van der Waals surface area contributed by atoms with Crippen molar-refractivity contribution in [2.24, 2.45) is 0 Å². The Bertz CT molecular complexity index is 295. The minimum atomic E-state index is 0.156. The number of para-hydroxylation sites is 1. The van der Waals surface area contributed by atoms with E-state index in [1.807, 2.05) is 24.3 Å². The van der Waals surface area contributed by atoms with Crippen molar-refractivity contribution in [2.45, 2.75) is 18.9 Å². The SMILES string of the molecule is Clc1ccccc1OC1CCCOC1. The molecular weight excluding hydrogens is 200 g/mol. The highest BCUT2D eigenvalue weighted by atomic mass is 35.5. The van der Waals surface area contributed by atoms with Crippen LogP contribution >= 0.6 is 11.6 Å². The Morgan fingerprint density at radius 2 is 2.21 bits per heavy atom. The van der Waals surface area contributed by atoms with Crippen molar-refractivity contribution in [3.05, 3.63) is 29.3 Å². The van der Waals surface area contributed by atoms with Gasteiger partial charge in [-0.2, -0.15) is 0 Å². The summed E-state index contributed by atoms with van der Waals surface area (Å²) in [7, 11) is 0. The van der Waals surface area contributed by atoms with Crippen LogP contribution in [0.2, 0.25) is 5.02 Å². The minimum absolute atomic E-state index is 0.156. The van der Waals surface area contributed by atoms with E-state index in [4.69, 9.17) is 21.1 Å². The highest BCUT2D eigenvalue weighted by molar-refractivity contribution is 6.32. The number of hydrogen-bond acceptors (Lipinski definition) is 2. The lowest BCUT2D eigenvalue weighted by molar-refractivity contribution is 0.00747. The molecule has 1 atom stereocenters. The van der Waals surface area contributed by atoms with E-state index in [9.17, 15) is 0 Å². The molecule has 0 aliphatic carbocycles. The third-order valence-electron chi connectivity index (χ3n) is 2.25. The van der Waals surface area contributed by atoms with Gasteiger partial charge in [0.1, 0.15) is 11.9 Å². The molecule has 1 aromatic rings. The van der Waals surface area contributed by atoms with Gasteiger partial charge in [-0.05, 0) is 25.0 Å². The lowest BCUT2D eigenvalue weighted by Gasteiger charge is -2.23. The molecule has 76 valence electrons. The summed E-state index contributed by atoms with van der Waals surface area (Å²) in [6, 6.07) is 7.54. The van der Waals surface area contributed by atoms with E-state index in [1.54, 1.807) is 0 Å². The fourth-order valence-electron chi connectivity index (χ4n) is 1.52. The fraction of sp³-hybridized carbons (Fsp3) is 0.455. The van der Waals surface area contributed by atoms with Gasteiger partial charge in [0.2, 0.25) is 0 Å². The van der Waals surface area contributed by atoms with Crippen molar-refractivity contribution in [1.29, 1.82) is 0 Å². The van der Waals surface area contributed by atoms with Crippen LogP contribution in [0.1, 0.15) is 12.8 Å². The highest BCUT2D eigenvalue weighted by Gasteiger charge is 2.16. The van der Waals surface area contributed by atoms with Crippen LogP contribution in [0.25, 0.3) is 0 Å². The van der Waals surface area contributed by atoms with E-state index in [2.05, 4.69) is 0 Å². The maximum atomic E-state index is 5.98. The summed E-state index contributed by atoms with van der Waals surface area (Å²) >= 11 is 5.98. The lowest BCUT2D eigenvalue weighted by Crippen LogP contribution is -2.28. The molecule has 1 unspecified atom stereocenters. The molecule has 0 amide bonds. The summed E-state index contributed by atoms with van der Waals surface area (Å²) in [5.74, 6) is 0.754. The summed E-state index contributed by atoms with van der Waals surface area (Å²) in [6.45, 7) is 1.52. The van der Waals surface area contributed by atoms with E-state index in [1.165, 1.54) is 0 Å². The second-order valence-corrected chi connectivity index (χ2v) is 3.79. The second-order valence-electron chi connectivity index (χ2n) is 3.39. The second kappa shape index (κ2) is 4.67. The van der Waals surface area contributed by atoms with Crippen LogP contribution in [0, 0.1) is 0 Å². The lowest BCUT2D eigenvalue weighted by atomic mass is 10.2. The molecule has 0 aromatic heterocycles. The van der Waals surface area contributed by atoms with Crippen molar-refractivity contribution in [3.63, 3.8) is 0 Å². The first-order chi connectivity index (χ1) is 6.86. The van der Waals surface area contributed by atoms with Gasteiger partial charge in [0, 0.05) is 6.61 Å². The van der Waals surface area contributed by atoms with Gasteiger partial charge >= 0.3 is 0 Å². The molecular formula is C11H13ClO2. The van der Waals surface area contributed by atoms with Crippen molar-refractivity contribution in [2.75, 3.05) is 13.2 Å². The van der Waals surface area contributed by atoms with Crippen LogP contribution in [0.3, 0.4) is 0 Å². The monoisotopic (exact) mass is 212 g/mol. The molecule has 1 fully saturated rings. The van der Waals surface area contributed by atoms with Gasteiger partial charge in [-0.25, -0.2) is 0 Å². The van der Waals surface area contributed by atoms with Crippen LogP contribution in [0.4, 0.5) is 0 Å². The topological polar surface area (TPSA) is 18.5 Å². The predicted octanol–water partition coefficient (Wildman–Crippen LogP) is 2.90. The van der Waals surface area contributed by atoms with Gasteiger partial charge in [-0.3, -0.25) is 0 Å². The Morgan fingerprint density at radius 1 is 1.36 bits per heavy atom. The van der Waals surface area contributed by atoms with Gasteiger partial charge in [-0.1, -0.05) is 23.7 Å².